The maximum absolute atomic E-state index is 11.4. The van der Waals surface area contributed by atoms with Crippen molar-refractivity contribution in [2.45, 2.75) is 44.8 Å². The maximum atomic E-state index is 11.4. The molecule has 1 aromatic rings. The fourth-order valence-electron chi connectivity index (χ4n) is 2.25. The van der Waals surface area contributed by atoms with Gasteiger partial charge in [-0.15, -0.1) is 0 Å². The average molecular weight is 265 g/mol. The van der Waals surface area contributed by atoms with Crippen molar-refractivity contribution in [3.8, 4) is 0 Å². The van der Waals surface area contributed by atoms with Gasteiger partial charge >= 0.3 is 5.97 Å². The van der Waals surface area contributed by atoms with Crippen LogP contribution in [0.4, 0.5) is 5.82 Å². The van der Waals surface area contributed by atoms with E-state index in [9.17, 15) is 9.90 Å². The van der Waals surface area contributed by atoms with Crippen LogP contribution in [0.5, 0.6) is 0 Å². The highest BCUT2D eigenvalue weighted by molar-refractivity contribution is 5.85. The molecule has 1 fully saturated rings. The van der Waals surface area contributed by atoms with E-state index in [4.69, 9.17) is 0 Å². The number of nitrogens with one attached hydrogen (secondary N) is 1. The highest BCUT2D eigenvalue weighted by atomic mass is 16.5. The molecule has 1 aliphatic carbocycles. The first-order valence-corrected chi connectivity index (χ1v) is 6.47. The molecule has 1 aliphatic rings. The Morgan fingerprint density at radius 1 is 1.37 bits per heavy atom. The molecule has 19 heavy (non-hydrogen) atoms. The summed E-state index contributed by atoms with van der Waals surface area (Å²) < 4.78 is 4.63. The molecule has 0 saturated heterocycles. The summed E-state index contributed by atoms with van der Waals surface area (Å²) in [6, 6.07) is 2.08. The lowest BCUT2D eigenvalue weighted by Crippen LogP contribution is -2.28. The SMILES string of the molecule is COC(=O)c1nc(C)cc(NC2CCC(O)CC2)n1. The largest absolute Gasteiger partial charge is 0.463 e. The fourth-order valence-corrected chi connectivity index (χ4v) is 2.25. The van der Waals surface area contributed by atoms with Crippen LogP contribution in [0.1, 0.15) is 42.0 Å². The van der Waals surface area contributed by atoms with Crippen molar-refractivity contribution >= 4 is 11.8 Å². The van der Waals surface area contributed by atoms with Crippen LogP contribution < -0.4 is 5.32 Å². The van der Waals surface area contributed by atoms with Gasteiger partial charge in [0.25, 0.3) is 0 Å². The first-order chi connectivity index (χ1) is 9.08. The molecular weight excluding hydrogens is 246 g/mol. The van der Waals surface area contributed by atoms with E-state index in [0.717, 1.165) is 25.7 Å². The molecule has 2 rings (SSSR count). The number of rotatable bonds is 3. The molecule has 0 amide bonds. The number of methoxy groups -OCH3 is 1. The second-order valence-corrected chi connectivity index (χ2v) is 4.86. The minimum Gasteiger partial charge on any atom is -0.463 e. The highest BCUT2D eigenvalue weighted by Crippen LogP contribution is 2.21. The van der Waals surface area contributed by atoms with Gasteiger partial charge in [0.1, 0.15) is 5.82 Å². The molecule has 0 unspecified atom stereocenters. The summed E-state index contributed by atoms with van der Waals surface area (Å²) in [5.41, 5.74) is 0.716. The maximum Gasteiger partial charge on any atom is 0.376 e. The number of aryl methyl sites for hydroxylation is 1. The standard InChI is InChI=1S/C13H19N3O3/c1-8-7-11(16-12(14-8)13(18)19-2)15-9-3-5-10(17)6-4-9/h7,9-10,17H,3-6H2,1-2H3,(H,14,15,16). The number of ether oxygens (including phenoxy) is 1. The van der Waals surface area contributed by atoms with Crippen LogP contribution in [-0.2, 0) is 4.74 Å². The molecule has 1 aromatic heterocycles. The molecule has 6 heteroatoms. The Bertz CT molecular complexity index is 456. The van der Waals surface area contributed by atoms with Crippen molar-refractivity contribution < 1.29 is 14.6 Å². The van der Waals surface area contributed by atoms with Crippen LogP contribution >= 0.6 is 0 Å². The van der Waals surface area contributed by atoms with E-state index >= 15 is 0 Å². The fraction of sp³-hybridized carbons (Fsp3) is 0.615. The zero-order valence-corrected chi connectivity index (χ0v) is 11.2. The molecule has 6 nitrogen and oxygen atoms in total. The Morgan fingerprint density at radius 2 is 2.05 bits per heavy atom. The lowest BCUT2D eigenvalue weighted by Gasteiger charge is -2.26. The van der Waals surface area contributed by atoms with E-state index in [1.807, 2.05) is 6.92 Å². The van der Waals surface area contributed by atoms with Gasteiger partial charge in [-0.05, 0) is 32.6 Å². The third-order valence-electron chi connectivity index (χ3n) is 3.27. The molecule has 1 heterocycles. The second-order valence-electron chi connectivity index (χ2n) is 4.86. The third kappa shape index (κ3) is 3.64. The molecule has 0 aliphatic heterocycles. The summed E-state index contributed by atoms with van der Waals surface area (Å²) >= 11 is 0. The molecular formula is C13H19N3O3. The van der Waals surface area contributed by atoms with Crippen LogP contribution in [0, 0.1) is 6.92 Å². The van der Waals surface area contributed by atoms with Gasteiger partial charge in [0.15, 0.2) is 0 Å². The normalized spacial score (nSPS) is 22.9. The van der Waals surface area contributed by atoms with E-state index in [2.05, 4.69) is 20.0 Å². The summed E-state index contributed by atoms with van der Waals surface area (Å²) in [5, 5.41) is 12.8. The van der Waals surface area contributed by atoms with Crippen molar-refractivity contribution in [1.29, 1.82) is 0 Å². The lowest BCUT2D eigenvalue weighted by molar-refractivity contribution is 0.0586. The van der Waals surface area contributed by atoms with Gasteiger partial charge in [-0.1, -0.05) is 0 Å². The average Bonchev–Trinajstić information content (AvgIpc) is 2.40. The van der Waals surface area contributed by atoms with Crippen LogP contribution in [0.3, 0.4) is 0 Å². The van der Waals surface area contributed by atoms with Gasteiger partial charge in [0, 0.05) is 17.8 Å². The molecule has 0 bridgehead atoms. The number of nitrogens with zero attached hydrogens (tertiary/aromatic N) is 2. The molecule has 2 N–H and O–H groups in total. The Kier molecular flexibility index (Phi) is 4.31. The van der Waals surface area contributed by atoms with E-state index in [0.29, 0.717) is 11.5 Å². The van der Waals surface area contributed by atoms with Crippen molar-refractivity contribution in [1.82, 2.24) is 9.97 Å². The number of hydrogen-bond donors (Lipinski definition) is 2. The topological polar surface area (TPSA) is 84.3 Å². The van der Waals surface area contributed by atoms with Crippen molar-refractivity contribution in [3.05, 3.63) is 17.6 Å². The monoisotopic (exact) mass is 265 g/mol. The van der Waals surface area contributed by atoms with Crippen LogP contribution in [0.2, 0.25) is 0 Å². The summed E-state index contributed by atoms with van der Waals surface area (Å²) in [5.74, 6) is 0.168. The van der Waals surface area contributed by atoms with Gasteiger partial charge in [0.05, 0.1) is 13.2 Å². The second kappa shape index (κ2) is 5.97. The number of carbonyl (C=O) groups excluding carboxylic acids is 1. The quantitative estimate of drug-likeness (QED) is 0.801. The summed E-state index contributed by atoms with van der Waals surface area (Å²) in [6.45, 7) is 1.81. The first-order valence-electron chi connectivity index (χ1n) is 6.47. The first kappa shape index (κ1) is 13.7. The van der Waals surface area contributed by atoms with Crippen LogP contribution in [0.25, 0.3) is 0 Å². The number of aromatic nitrogens is 2. The van der Waals surface area contributed by atoms with Gasteiger partial charge in [-0.3, -0.25) is 0 Å². The van der Waals surface area contributed by atoms with Crippen LogP contribution in [-0.4, -0.2) is 40.3 Å². The molecule has 0 radical (unpaired) electrons. The number of anilines is 1. The number of carbonyl (C=O) groups is 1. The minimum atomic E-state index is -0.536. The Balaban J connectivity index is 2.07. The van der Waals surface area contributed by atoms with E-state index in [1.165, 1.54) is 7.11 Å². The molecule has 1 saturated carbocycles. The van der Waals surface area contributed by atoms with Crippen molar-refractivity contribution in [2.75, 3.05) is 12.4 Å². The van der Waals surface area contributed by atoms with Crippen molar-refractivity contribution in [3.63, 3.8) is 0 Å². The highest BCUT2D eigenvalue weighted by Gasteiger charge is 2.20. The van der Waals surface area contributed by atoms with Gasteiger partial charge in [-0.2, -0.15) is 0 Å². The van der Waals surface area contributed by atoms with E-state index in [1.54, 1.807) is 6.07 Å². The number of esters is 1. The molecule has 0 spiro atoms. The Morgan fingerprint density at radius 3 is 2.68 bits per heavy atom. The molecule has 0 aromatic carbocycles. The predicted octanol–water partition coefficient (Wildman–Crippen LogP) is 1.29. The van der Waals surface area contributed by atoms with E-state index < -0.39 is 5.97 Å². The number of aliphatic hydroxyl groups excluding tert-OH is 1. The lowest BCUT2D eigenvalue weighted by atomic mass is 9.93. The predicted molar refractivity (Wildman–Crippen MR) is 70.0 cm³/mol. The Hall–Kier alpha value is -1.69. The summed E-state index contributed by atoms with van der Waals surface area (Å²) in [6.07, 6.45) is 3.21. The smallest absolute Gasteiger partial charge is 0.376 e. The van der Waals surface area contributed by atoms with Crippen molar-refractivity contribution in [2.24, 2.45) is 0 Å². The number of aliphatic hydroxyl groups is 1. The summed E-state index contributed by atoms with van der Waals surface area (Å²) in [7, 11) is 1.31. The minimum absolute atomic E-state index is 0.0702. The van der Waals surface area contributed by atoms with Gasteiger partial charge in [0.2, 0.25) is 5.82 Å². The van der Waals surface area contributed by atoms with Crippen LogP contribution in [0.15, 0.2) is 6.07 Å². The zero-order chi connectivity index (χ0) is 13.8. The summed E-state index contributed by atoms with van der Waals surface area (Å²) in [4.78, 5) is 19.6. The van der Waals surface area contributed by atoms with E-state index in [-0.39, 0.29) is 18.0 Å². The van der Waals surface area contributed by atoms with Gasteiger partial charge < -0.3 is 15.2 Å². The third-order valence-corrected chi connectivity index (χ3v) is 3.27. The van der Waals surface area contributed by atoms with Gasteiger partial charge in [-0.25, -0.2) is 14.8 Å². The Labute approximate surface area is 112 Å². The zero-order valence-electron chi connectivity index (χ0n) is 11.2. The molecule has 0 atom stereocenters. The number of hydrogen-bond acceptors (Lipinski definition) is 6. The molecule has 104 valence electrons.